The Balaban J connectivity index is 0.975. The standard InChI is InChI=1S/C41H47ClF3N7O7/c42-33-24-27(23-32(36(33)46)41(43,44)45)25-35(59-40(56)51-11-9-31(10-12-51)52-26-29-3-1-2-4-34(29)47-39(52)55)37(53)50-15-13-49(14-16-50)30-7-5-28(6-8-30)38(54)58-22-19-48-17-20-57-21-18-48/h1-8,23-24,31,35H,9-22,25-26,46H2,(H,47,55)/t35-/m1/s1. The van der Waals surface area contributed by atoms with E-state index in [4.69, 9.17) is 31.5 Å². The molecule has 0 spiro atoms. The van der Waals surface area contributed by atoms with E-state index < -0.39 is 41.5 Å². The molecular formula is C41H47ClF3N7O7. The number of morpholine rings is 1. The van der Waals surface area contributed by atoms with E-state index in [2.05, 4.69) is 10.2 Å². The number of hydrogen-bond acceptors (Lipinski definition) is 10. The number of piperidine rings is 1. The first-order chi connectivity index (χ1) is 28.3. The molecule has 3 fully saturated rings. The molecule has 18 heteroatoms. The van der Waals surface area contributed by atoms with Gasteiger partial charge in [-0.15, -0.1) is 0 Å². The summed E-state index contributed by atoms with van der Waals surface area (Å²) in [7, 11) is 0. The number of amides is 4. The van der Waals surface area contributed by atoms with Gasteiger partial charge in [0.15, 0.2) is 6.10 Å². The number of fused-ring (bicyclic) bond motifs is 1. The number of hydrogen-bond donors (Lipinski definition) is 2. The number of halogens is 4. The Labute approximate surface area is 344 Å². The molecular weight excluding hydrogens is 795 g/mol. The van der Waals surface area contributed by atoms with Crippen LogP contribution < -0.4 is 16.0 Å². The molecule has 1 atom stereocenters. The minimum Gasteiger partial charge on any atom is -0.461 e. The van der Waals surface area contributed by atoms with Gasteiger partial charge in [0.1, 0.15) is 6.61 Å². The van der Waals surface area contributed by atoms with E-state index in [0.717, 1.165) is 36.1 Å². The molecule has 3 aromatic carbocycles. The van der Waals surface area contributed by atoms with Crippen LogP contribution >= 0.6 is 11.6 Å². The normalized spacial score (nSPS) is 18.5. The molecule has 0 aromatic heterocycles. The Kier molecular flexibility index (Phi) is 13.0. The first kappa shape index (κ1) is 41.9. The molecule has 4 aliphatic rings. The van der Waals surface area contributed by atoms with Crippen LogP contribution in [0.1, 0.15) is 39.9 Å². The van der Waals surface area contributed by atoms with Crippen molar-refractivity contribution < 1.29 is 46.6 Å². The monoisotopic (exact) mass is 841 g/mol. The van der Waals surface area contributed by atoms with Gasteiger partial charge in [-0.3, -0.25) is 9.69 Å². The van der Waals surface area contributed by atoms with Crippen molar-refractivity contribution in [2.24, 2.45) is 0 Å². The Morgan fingerprint density at radius 2 is 1.61 bits per heavy atom. The zero-order chi connectivity index (χ0) is 41.7. The number of carbonyl (C=O) groups excluding carboxylic acids is 4. The number of carbonyl (C=O) groups is 4. The van der Waals surface area contributed by atoms with Gasteiger partial charge in [-0.2, -0.15) is 13.2 Å². The summed E-state index contributed by atoms with van der Waals surface area (Å²) in [6.45, 7) is 6.03. The van der Waals surface area contributed by atoms with Crippen LogP contribution in [0.2, 0.25) is 5.02 Å². The van der Waals surface area contributed by atoms with Crippen molar-refractivity contribution in [1.29, 1.82) is 0 Å². The predicted molar refractivity (Wildman–Crippen MR) is 213 cm³/mol. The molecule has 4 heterocycles. The summed E-state index contributed by atoms with van der Waals surface area (Å²) in [5.74, 6) is -0.983. The molecule has 0 saturated carbocycles. The first-order valence-corrected chi connectivity index (χ1v) is 20.1. The van der Waals surface area contributed by atoms with Gasteiger partial charge >= 0.3 is 24.3 Å². The second-order valence-corrected chi connectivity index (χ2v) is 15.4. The Bertz CT molecular complexity index is 2000. The zero-order valence-electron chi connectivity index (χ0n) is 32.4. The third-order valence-electron chi connectivity index (χ3n) is 11.3. The van der Waals surface area contributed by atoms with Crippen LogP contribution in [0.4, 0.5) is 39.8 Å². The van der Waals surface area contributed by atoms with E-state index in [-0.39, 0.29) is 61.9 Å². The maximum Gasteiger partial charge on any atom is 0.418 e. The molecule has 3 aromatic rings. The van der Waals surface area contributed by atoms with Crippen molar-refractivity contribution in [3.63, 3.8) is 0 Å². The highest BCUT2D eigenvalue weighted by molar-refractivity contribution is 6.33. The summed E-state index contributed by atoms with van der Waals surface area (Å²) < 4.78 is 58.3. The average Bonchev–Trinajstić information content (AvgIpc) is 3.24. The van der Waals surface area contributed by atoms with Crippen molar-refractivity contribution in [2.75, 3.05) is 94.7 Å². The number of likely N-dealkylation sites (tertiary alicyclic amines) is 1. The minimum absolute atomic E-state index is 0.0242. The van der Waals surface area contributed by atoms with E-state index in [1.807, 2.05) is 41.3 Å². The number of ether oxygens (including phenoxy) is 3. The lowest BCUT2D eigenvalue weighted by atomic mass is 10.0. The SMILES string of the molecule is Nc1c(Cl)cc(C[C@@H](OC(=O)N2CCC(N3Cc4ccccc4NC3=O)CC2)C(=O)N2CCN(c3ccc(C(=O)OCCN4CCOCC4)cc3)CC2)cc1C(F)(F)F. The highest BCUT2D eigenvalue weighted by Gasteiger charge is 2.38. The van der Waals surface area contributed by atoms with Crippen molar-refractivity contribution in [3.8, 4) is 0 Å². The fourth-order valence-electron chi connectivity index (χ4n) is 7.87. The molecule has 7 rings (SSSR count). The van der Waals surface area contributed by atoms with Gasteiger partial charge in [-0.25, -0.2) is 14.4 Å². The zero-order valence-corrected chi connectivity index (χ0v) is 33.2. The topological polar surface area (TPSA) is 150 Å². The van der Waals surface area contributed by atoms with Crippen LogP contribution in [-0.2, 0) is 38.1 Å². The van der Waals surface area contributed by atoms with Crippen LogP contribution in [-0.4, -0.2) is 134 Å². The van der Waals surface area contributed by atoms with Crippen molar-refractivity contribution in [1.82, 2.24) is 19.6 Å². The van der Waals surface area contributed by atoms with Crippen LogP contribution in [0.3, 0.4) is 0 Å². The number of anilines is 3. The largest absolute Gasteiger partial charge is 0.461 e. The maximum absolute atomic E-state index is 14.1. The summed E-state index contributed by atoms with van der Waals surface area (Å²) in [6.07, 6.45) is -6.51. The molecule has 0 unspecified atom stereocenters. The Morgan fingerprint density at radius 3 is 2.31 bits per heavy atom. The molecule has 4 aliphatic heterocycles. The summed E-state index contributed by atoms with van der Waals surface area (Å²) in [6, 6.07) is 16.3. The molecule has 14 nitrogen and oxygen atoms in total. The van der Waals surface area contributed by atoms with Gasteiger partial charge in [0, 0.05) is 89.3 Å². The molecule has 0 aliphatic carbocycles. The Morgan fingerprint density at radius 1 is 0.915 bits per heavy atom. The number of alkyl halides is 3. The number of nitrogens with one attached hydrogen (secondary N) is 1. The summed E-state index contributed by atoms with van der Waals surface area (Å²) >= 11 is 6.13. The highest BCUT2D eigenvalue weighted by Crippen LogP contribution is 2.38. The number of esters is 1. The van der Waals surface area contributed by atoms with Gasteiger partial charge in [0.25, 0.3) is 5.91 Å². The first-order valence-electron chi connectivity index (χ1n) is 19.7. The number of nitrogens with zero attached hydrogens (tertiary/aromatic N) is 5. The van der Waals surface area contributed by atoms with E-state index in [1.165, 1.54) is 15.9 Å². The van der Waals surface area contributed by atoms with Crippen molar-refractivity contribution in [2.45, 2.75) is 44.1 Å². The number of benzene rings is 3. The smallest absolute Gasteiger partial charge is 0.418 e. The molecule has 3 saturated heterocycles. The van der Waals surface area contributed by atoms with Crippen molar-refractivity contribution in [3.05, 3.63) is 87.9 Å². The number of para-hydroxylation sites is 1. The number of rotatable bonds is 10. The maximum atomic E-state index is 14.1. The number of nitrogens with two attached hydrogens (primary N) is 1. The van der Waals surface area contributed by atoms with Crippen LogP contribution in [0.25, 0.3) is 0 Å². The number of urea groups is 1. The molecule has 0 bridgehead atoms. The third-order valence-corrected chi connectivity index (χ3v) is 11.6. The van der Waals surface area contributed by atoms with E-state index in [0.29, 0.717) is 57.8 Å². The number of piperazine rings is 1. The van der Waals surface area contributed by atoms with Crippen LogP contribution in [0.15, 0.2) is 60.7 Å². The summed E-state index contributed by atoms with van der Waals surface area (Å²) in [5.41, 5.74) is 6.90. The minimum atomic E-state index is -4.81. The van der Waals surface area contributed by atoms with E-state index >= 15 is 0 Å². The van der Waals surface area contributed by atoms with Gasteiger partial charge in [0.2, 0.25) is 0 Å². The third kappa shape index (κ3) is 10.1. The fourth-order valence-corrected chi connectivity index (χ4v) is 8.11. The van der Waals surface area contributed by atoms with Gasteiger partial charge in [0.05, 0.1) is 35.1 Å². The number of nitrogen functional groups attached to an aromatic ring is 1. The predicted octanol–water partition coefficient (Wildman–Crippen LogP) is 5.34. The van der Waals surface area contributed by atoms with Crippen LogP contribution in [0, 0.1) is 0 Å². The summed E-state index contributed by atoms with van der Waals surface area (Å²) in [4.78, 5) is 62.3. The van der Waals surface area contributed by atoms with Gasteiger partial charge < -0.3 is 44.9 Å². The van der Waals surface area contributed by atoms with Gasteiger partial charge in [-0.05, 0) is 66.4 Å². The molecule has 3 N–H and O–H groups in total. The second kappa shape index (κ2) is 18.3. The fraction of sp³-hybridized carbons (Fsp3) is 0.463. The summed E-state index contributed by atoms with van der Waals surface area (Å²) in [5, 5.41) is 2.58. The quantitative estimate of drug-likeness (QED) is 0.203. The van der Waals surface area contributed by atoms with Crippen molar-refractivity contribution >= 4 is 52.7 Å². The Hall–Kier alpha value is -5.26. The molecule has 4 amide bonds. The lowest BCUT2D eigenvalue weighted by Gasteiger charge is -2.40. The molecule has 0 radical (unpaired) electrons. The van der Waals surface area contributed by atoms with E-state index in [1.54, 1.807) is 17.0 Å². The van der Waals surface area contributed by atoms with E-state index in [9.17, 15) is 32.3 Å². The lowest BCUT2D eigenvalue weighted by molar-refractivity contribution is -0.141. The second-order valence-electron chi connectivity index (χ2n) is 15.0. The lowest BCUT2D eigenvalue weighted by Crippen LogP contribution is -2.54. The average molecular weight is 842 g/mol. The molecule has 316 valence electrons. The van der Waals surface area contributed by atoms with Crippen LogP contribution in [0.5, 0.6) is 0 Å². The van der Waals surface area contributed by atoms with Gasteiger partial charge in [-0.1, -0.05) is 29.8 Å². The molecule has 59 heavy (non-hydrogen) atoms. The highest BCUT2D eigenvalue weighted by atomic mass is 35.5.